The SMILES string of the molecule is O=C(O)CC(NC(=O)OCC1c2ccccc2-c2ccccc21)C(=O)NCCc1cnc[nH]1. The van der Waals surface area contributed by atoms with Crippen molar-refractivity contribution in [3.63, 3.8) is 0 Å². The van der Waals surface area contributed by atoms with Crippen molar-refractivity contribution in [2.45, 2.75) is 24.8 Å². The van der Waals surface area contributed by atoms with Gasteiger partial charge in [0.15, 0.2) is 0 Å². The van der Waals surface area contributed by atoms with Gasteiger partial charge in [0, 0.05) is 30.8 Å². The average molecular weight is 448 g/mol. The van der Waals surface area contributed by atoms with Crippen LogP contribution in [-0.2, 0) is 20.7 Å². The monoisotopic (exact) mass is 448 g/mol. The van der Waals surface area contributed by atoms with Crippen LogP contribution in [0, 0.1) is 0 Å². The molecule has 0 spiro atoms. The number of benzene rings is 2. The molecule has 0 bridgehead atoms. The van der Waals surface area contributed by atoms with Crippen molar-refractivity contribution in [1.29, 1.82) is 0 Å². The van der Waals surface area contributed by atoms with Crippen molar-refractivity contribution in [1.82, 2.24) is 20.6 Å². The van der Waals surface area contributed by atoms with Crippen molar-refractivity contribution in [3.8, 4) is 11.1 Å². The Morgan fingerprint density at radius 3 is 2.33 bits per heavy atom. The summed E-state index contributed by atoms with van der Waals surface area (Å²) in [4.78, 5) is 42.9. The van der Waals surface area contributed by atoms with Gasteiger partial charge in [0.1, 0.15) is 12.6 Å². The van der Waals surface area contributed by atoms with E-state index >= 15 is 0 Å². The first kappa shape index (κ1) is 22.1. The van der Waals surface area contributed by atoms with E-state index in [0.29, 0.717) is 6.42 Å². The first-order valence-corrected chi connectivity index (χ1v) is 10.6. The van der Waals surface area contributed by atoms with Gasteiger partial charge in [0.2, 0.25) is 5.91 Å². The highest BCUT2D eigenvalue weighted by Gasteiger charge is 2.30. The minimum absolute atomic E-state index is 0.0705. The second-order valence-corrected chi connectivity index (χ2v) is 7.74. The highest BCUT2D eigenvalue weighted by molar-refractivity contribution is 5.89. The smallest absolute Gasteiger partial charge is 0.407 e. The number of ether oxygens (including phenoxy) is 1. The molecule has 0 saturated carbocycles. The average Bonchev–Trinajstić information content (AvgIpc) is 3.43. The Bertz CT molecular complexity index is 1100. The Balaban J connectivity index is 1.35. The second kappa shape index (κ2) is 9.99. The zero-order valence-electron chi connectivity index (χ0n) is 17.8. The molecule has 0 fully saturated rings. The van der Waals surface area contributed by atoms with Crippen LogP contribution in [0.15, 0.2) is 61.1 Å². The van der Waals surface area contributed by atoms with Crippen LogP contribution in [0.5, 0.6) is 0 Å². The Kier molecular flexibility index (Phi) is 6.68. The molecule has 33 heavy (non-hydrogen) atoms. The number of carbonyl (C=O) groups excluding carboxylic acids is 2. The Hall–Kier alpha value is -4.14. The Morgan fingerprint density at radius 2 is 1.73 bits per heavy atom. The summed E-state index contributed by atoms with van der Waals surface area (Å²) in [5, 5.41) is 14.2. The standard InChI is InChI=1S/C24H24N4O5/c29-22(30)11-21(23(31)26-10-9-15-12-25-14-27-15)28-24(32)33-13-20-18-7-3-1-5-16(18)17-6-2-4-8-19(17)20/h1-8,12,14,20-21H,9-11,13H2,(H,25,27)(H,26,31)(H,28,32)(H,29,30). The molecule has 9 nitrogen and oxygen atoms in total. The van der Waals surface area contributed by atoms with Crippen LogP contribution in [0.2, 0.25) is 0 Å². The number of carbonyl (C=O) groups is 3. The van der Waals surface area contributed by atoms with Gasteiger partial charge in [0.25, 0.3) is 0 Å². The predicted molar refractivity (Wildman–Crippen MR) is 120 cm³/mol. The predicted octanol–water partition coefficient (Wildman–Crippen LogP) is 2.45. The van der Waals surface area contributed by atoms with Gasteiger partial charge in [-0.25, -0.2) is 9.78 Å². The Morgan fingerprint density at radius 1 is 1.06 bits per heavy atom. The number of rotatable bonds is 9. The van der Waals surface area contributed by atoms with Crippen LogP contribution in [0.3, 0.4) is 0 Å². The molecule has 0 saturated heterocycles. The summed E-state index contributed by atoms with van der Waals surface area (Å²) >= 11 is 0. The topological polar surface area (TPSA) is 133 Å². The molecular formula is C24H24N4O5. The minimum Gasteiger partial charge on any atom is -0.481 e. The van der Waals surface area contributed by atoms with Gasteiger partial charge in [-0.2, -0.15) is 0 Å². The first-order valence-electron chi connectivity index (χ1n) is 10.6. The van der Waals surface area contributed by atoms with Gasteiger partial charge in [-0.3, -0.25) is 9.59 Å². The number of imidazole rings is 1. The van der Waals surface area contributed by atoms with E-state index in [1.54, 1.807) is 6.20 Å². The molecule has 0 radical (unpaired) electrons. The van der Waals surface area contributed by atoms with E-state index in [1.165, 1.54) is 6.33 Å². The number of alkyl carbamates (subject to hydrolysis) is 1. The molecule has 2 aromatic carbocycles. The molecule has 1 aliphatic rings. The molecule has 1 aromatic heterocycles. The number of aliphatic carboxylic acids is 1. The number of nitrogens with zero attached hydrogens (tertiary/aromatic N) is 1. The zero-order valence-corrected chi connectivity index (χ0v) is 17.8. The number of aromatic amines is 1. The summed E-state index contributed by atoms with van der Waals surface area (Å²) in [6.45, 7) is 0.338. The second-order valence-electron chi connectivity index (χ2n) is 7.74. The molecule has 2 amide bonds. The van der Waals surface area contributed by atoms with Gasteiger partial charge in [-0.15, -0.1) is 0 Å². The lowest BCUT2D eigenvalue weighted by Crippen LogP contribution is -2.48. The fraction of sp³-hybridized carbons (Fsp3) is 0.250. The van der Waals surface area contributed by atoms with E-state index < -0.39 is 30.4 Å². The molecule has 170 valence electrons. The van der Waals surface area contributed by atoms with Crippen molar-refractivity contribution in [3.05, 3.63) is 77.9 Å². The molecule has 4 N–H and O–H groups in total. The maximum Gasteiger partial charge on any atom is 0.407 e. The van der Waals surface area contributed by atoms with Gasteiger partial charge < -0.3 is 25.5 Å². The molecule has 1 unspecified atom stereocenters. The van der Waals surface area contributed by atoms with Crippen LogP contribution >= 0.6 is 0 Å². The van der Waals surface area contributed by atoms with Gasteiger partial charge in [0.05, 0.1) is 12.7 Å². The number of carboxylic acid groups (broad SMARTS) is 1. The van der Waals surface area contributed by atoms with E-state index in [-0.39, 0.29) is 19.1 Å². The van der Waals surface area contributed by atoms with Crippen molar-refractivity contribution < 1.29 is 24.2 Å². The third-order valence-corrected chi connectivity index (χ3v) is 5.58. The minimum atomic E-state index is -1.25. The third kappa shape index (κ3) is 5.20. The number of aromatic nitrogens is 2. The third-order valence-electron chi connectivity index (χ3n) is 5.58. The van der Waals surface area contributed by atoms with Gasteiger partial charge >= 0.3 is 12.1 Å². The fourth-order valence-corrected chi connectivity index (χ4v) is 4.03. The summed E-state index contributed by atoms with van der Waals surface area (Å²) in [6, 6.07) is 14.6. The fourth-order valence-electron chi connectivity index (χ4n) is 4.03. The van der Waals surface area contributed by atoms with Crippen LogP contribution in [0.1, 0.15) is 29.2 Å². The van der Waals surface area contributed by atoms with Crippen molar-refractivity contribution in [2.75, 3.05) is 13.2 Å². The molecule has 1 aliphatic carbocycles. The van der Waals surface area contributed by atoms with Crippen LogP contribution in [-0.4, -0.2) is 52.2 Å². The molecule has 1 heterocycles. The normalized spacial score (nSPS) is 13.0. The molecule has 4 rings (SSSR count). The lowest BCUT2D eigenvalue weighted by Gasteiger charge is -2.18. The summed E-state index contributed by atoms with van der Waals surface area (Å²) in [5.41, 5.74) is 5.15. The number of hydrogen-bond donors (Lipinski definition) is 4. The lowest BCUT2D eigenvalue weighted by molar-refractivity contribution is -0.139. The number of nitrogens with one attached hydrogen (secondary N) is 3. The van der Waals surface area contributed by atoms with Crippen molar-refractivity contribution in [2.24, 2.45) is 0 Å². The number of carboxylic acids is 1. The van der Waals surface area contributed by atoms with E-state index in [2.05, 4.69) is 20.6 Å². The summed E-state index contributed by atoms with van der Waals surface area (Å²) in [5.74, 6) is -1.93. The van der Waals surface area contributed by atoms with Crippen molar-refractivity contribution >= 4 is 18.0 Å². The highest BCUT2D eigenvalue weighted by atomic mass is 16.5. The lowest BCUT2D eigenvalue weighted by atomic mass is 9.98. The van der Waals surface area contributed by atoms with E-state index in [0.717, 1.165) is 27.9 Å². The largest absolute Gasteiger partial charge is 0.481 e. The quantitative estimate of drug-likeness (QED) is 0.397. The molecular weight excluding hydrogens is 424 g/mol. The van der Waals surface area contributed by atoms with E-state index in [9.17, 15) is 14.4 Å². The zero-order chi connectivity index (χ0) is 23.2. The molecule has 0 aliphatic heterocycles. The highest BCUT2D eigenvalue weighted by Crippen LogP contribution is 2.44. The van der Waals surface area contributed by atoms with Crippen LogP contribution in [0.4, 0.5) is 4.79 Å². The maximum atomic E-state index is 12.5. The number of hydrogen-bond acceptors (Lipinski definition) is 5. The van der Waals surface area contributed by atoms with Gasteiger partial charge in [-0.1, -0.05) is 48.5 Å². The number of amides is 2. The molecule has 9 heteroatoms. The summed E-state index contributed by atoms with van der Waals surface area (Å²) < 4.78 is 5.43. The number of H-pyrrole nitrogens is 1. The number of fused-ring (bicyclic) bond motifs is 3. The van der Waals surface area contributed by atoms with Gasteiger partial charge in [-0.05, 0) is 22.3 Å². The van der Waals surface area contributed by atoms with Crippen LogP contribution in [0.25, 0.3) is 11.1 Å². The summed E-state index contributed by atoms with van der Waals surface area (Å²) in [7, 11) is 0. The summed E-state index contributed by atoms with van der Waals surface area (Å²) in [6.07, 6.45) is 2.27. The van der Waals surface area contributed by atoms with E-state index in [4.69, 9.17) is 9.84 Å². The maximum absolute atomic E-state index is 12.5. The van der Waals surface area contributed by atoms with Crippen LogP contribution < -0.4 is 10.6 Å². The van der Waals surface area contributed by atoms with E-state index in [1.807, 2.05) is 48.5 Å². The first-order chi connectivity index (χ1) is 16.0. The Labute approximate surface area is 190 Å². The molecule has 3 aromatic rings. The molecule has 1 atom stereocenters.